The minimum Gasteiger partial charge on any atom is -0.504 e. The van der Waals surface area contributed by atoms with Crippen LogP contribution in [0.2, 0.25) is 0 Å². The van der Waals surface area contributed by atoms with Crippen LogP contribution in [0.4, 0.5) is 0 Å². The van der Waals surface area contributed by atoms with Gasteiger partial charge in [0.25, 0.3) is 5.91 Å². The highest BCUT2D eigenvalue weighted by Crippen LogP contribution is 2.27. The number of rotatable bonds is 30. The van der Waals surface area contributed by atoms with Gasteiger partial charge >= 0.3 is 17.9 Å². The molecule has 30 nitrogen and oxygen atoms in total. The normalized spacial score (nSPS) is 14.4. The first kappa shape index (κ1) is 56.6. The van der Waals surface area contributed by atoms with Gasteiger partial charge in [-0.25, -0.2) is 14.4 Å². The van der Waals surface area contributed by atoms with E-state index in [2.05, 4.69) is 26.3 Å². The average molecular weight is 946 g/mol. The van der Waals surface area contributed by atoms with Crippen LogP contribution in [0, 0.1) is 0 Å². The topological polar surface area (TPSA) is 527 Å². The number of nitrogens with zero attached hydrogens (tertiary/aromatic N) is 1. The third-order valence-electron chi connectivity index (χ3n) is 8.98. The fourth-order valence-corrected chi connectivity index (χ4v) is 5.41. The third kappa shape index (κ3) is 20.0. The number of aliphatic carboxylic acids is 3. The summed E-state index contributed by atoms with van der Waals surface area (Å²) in [5.74, 6) is -15.6. The first-order chi connectivity index (χ1) is 30.9. The van der Waals surface area contributed by atoms with Crippen LogP contribution in [0.15, 0.2) is 23.2 Å². The average Bonchev–Trinajstić information content (AvgIpc) is 3.25. The maximum Gasteiger partial charge on any atom is 0.335 e. The van der Waals surface area contributed by atoms with Gasteiger partial charge in [0.1, 0.15) is 18.1 Å². The molecule has 1 rings (SSSR count). The van der Waals surface area contributed by atoms with Gasteiger partial charge < -0.3 is 100 Å². The summed E-state index contributed by atoms with van der Waals surface area (Å²) in [6.45, 7) is -3.10. The Morgan fingerprint density at radius 3 is 1.79 bits per heavy atom. The molecule has 0 spiro atoms. The molecule has 0 aliphatic heterocycles. The van der Waals surface area contributed by atoms with Crippen LogP contribution < -0.4 is 54.4 Å². The Kier molecular flexibility index (Phi) is 24.4. The maximum absolute atomic E-state index is 13.3. The van der Waals surface area contributed by atoms with E-state index >= 15 is 0 Å². The van der Waals surface area contributed by atoms with Crippen molar-refractivity contribution in [3.8, 4) is 11.5 Å². The molecule has 0 aromatic heterocycles. The molecule has 0 heterocycles. The Bertz CT molecular complexity index is 1930. The number of carbonyl (C=O) groups is 10. The standard InChI is InChI=1S/C36H55N11O19/c37-16(6-1-2-9-40-29(57)15-5-3-8-19(49)26(15)54)20(50)11-21(51)45-18(14-48)30(58)42-12-22(52)44-17(7-4-10-41-36(38)39)31(59)47-24(27(55)34(63)64)32(60)43-13-23(53)46-25(33(61)62)28(56)35(65)66/h3,5,8,16-18,20,24-25,27-28,48-50,54-56H,1-2,4,6-7,9-14,37H2,(H,40,57)(H,42,58)(H,43,60)(H,44,52)(H,45,51)(H,46,53)(H,47,59)(H,61,62)(H,63,64)(H,65,66)(H4,38,39,41)/t16-,17+,18-,20+,24+,25+,27?,28?/m1/s1. The van der Waals surface area contributed by atoms with Crippen LogP contribution in [-0.2, 0) is 43.2 Å². The van der Waals surface area contributed by atoms with Crippen molar-refractivity contribution < 1.29 is 93.9 Å². The second-order valence-corrected chi connectivity index (χ2v) is 14.1. The predicted molar refractivity (Wildman–Crippen MR) is 220 cm³/mol. The summed E-state index contributed by atoms with van der Waals surface area (Å²) >= 11 is 0. The van der Waals surface area contributed by atoms with Crippen LogP contribution in [0.3, 0.4) is 0 Å². The van der Waals surface area contributed by atoms with Crippen molar-refractivity contribution in [2.45, 2.75) is 87.0 Å². The number of hydrogen-bond donors (Lipinski definition) is 19. The van der Waals surface area contributed by atoms with Crippen LogP contribution >= 0.6 is 0 Å². The number of para-hydroxylation sites is 1. The molecule has 8 atom stereocenters. The van der Waals surface area contributed by atoms with E-state index in [1.54, 1.807) is 10.6 Å². The van der Waals surface area contributed by atoms with Crippen LogP contribution in [-0.4, -0.2) is 192 Å². The van der Waals surface area contributed by atoms with Gasteiger partial charge in [-0.1, -0.05) is 12.5 Å². The van der Waals surface area contributed by atoms with Crippen molar-refractivity contribution in [1.82, 2.24) is 37.2 Å². The quantitative estimate of drug-likeness (QED) is 0.0147. The zero-order valence-electron chi connectivity index (χ0n) is 34.9. The zero-order chi connectivity index (χ0) is 50.3. The lowest BCUT2D eigenvalue weighted by atomic mass is 10.0. The molecular weight excluding hydrogens is 890 g/mol. The van der Waals surface area contributed by atoms with Gasteiger partial charge in [0.05, 0.1) is 37.8 Å². The molecule has 7 amide bonds. The van der Waals surface area contributed by atoms with E-state index < -0.39 is 145 Å². The summed E-state index contributed by atoms with van der Waals surface area (Å²) in [5, 5.41) is 101. The van der Waals surface area contributed by atoms with Gasteiger partial charge in [-0.15, -0.1) is 0 Å². The molecule has 30 heteroatoms. The zero-order valence-corrected chi connectivity index (χ0v) is 34.9. The Morgan fingerprint density at radius 1 is 0.636 bits per heavy atom. The molecule has 0 aliphatic rings. The van der Waals surface area contributed by atoms with Gasteiger partial charge in [-0.2, -0.15) is 0 Å². The fraction of sp³-hybridized carbons (Fsp3) is 0.528. The number of hydrogen-bond acceptors (Lipinski definition) is 18. The molecule has 66 heavy (non-hydrogen) atoms. The van der Waals surface area contributed by atoms with Gasteiger partial charge in [-0.05, 0) is 37.8 Å². The van der Waals surface area contributed by atoms with E-state index in [4.69, 9.17) is 27.4 Å². The van der Waals surface area contributed by atoms with E-state index in [0.29, 0.717) is 12.8 Å². The van der Waals surface area contributed by atoms with Crippen LogP contribution in [0.5, 0.6) is 11.5 Å². The SMILES string of the molecule is NC(N)=NCCC[C@H](NC(=O)CNC(=O)[C@@H](CO)NC(=O)C[C@H](O)[C@H](N)CCCCNC(=O)c1cccc(O)c1O)C(=O)N[C@H](C(=O)NCC(=O)N[C@H](C(=O)O)C(O)C(=O)O)C(O)C(=O)O. The van der Waals surface area contributed by atoms with Gasteiger partial charge in [0, 0.05) is 19.1 Å². The predicted octanol–water partition coefficient (Wildman–Crippen LogP) is -8.73. The number of carbonyl (C=O) groups excluding carboxylic acids is 7. The maximum atomic E-state index is 13.3. The number of guanidine groups is 1. The van der Waals surface area contributed by atoms with Crippen molar-refractivity contribution in [1.29, 1.82) is 0 Å². The summed E-state index contributed by atoms with van der Waals surface area (Å²) in [7, 11) is 0. The Morgan fingerprint density at radius 2 is 1.21 bits per heavy atom. The number of phenolic OH excluding ortho intramolecular Hbond substituents is 2. The van der Waals surface area contributed by atoms with Crippen molar-refractivity contribution >= 4 is 65.2 Å². The molecule has 22 N–H and O–H groups in total. The molecular formula is C36H55N11O19. The van der Waals surface area contributed by atoms with E-state index in [1.165, 1.54) is 18.2 Å². The lowest BCUT2D eigenvalue weighted by molar-refractivity contribution is -0.157. The highest BCUT2D eigenvalue weighted by molar-refractivity contribution is 5.98. The number of carboxylic acid groups (broad SMARTS) is 3. The summed E-state index contributed by atoms with van der Waals surface area (Å²) in [4.78, 5) is 127. The molecule has 0 aliphatic carbocycles. The lowest BCUT2D eigenvalue weighted by Crippen LogP contribution is -2.61. The molecule has 0 radical (unpaired) electrons. The number of amides is 7. The summed E-state index contributed by atoms with van der Waals surface area (Å²) in [6, 6.07) is -5.22. The van der Waals surface area contributed by atoms with E-state index in [1.807, 2.05) is 5.32 Å². The Labute approximate surface area is 373 Å². The van der Waals surface area contributed by atoms with E-state index in [9.17, 15) is 83.7 Å². The molecule has 0 saturated carbocycles. The van der Waals surface area contributed by atoms with Crippen LogP contribution in [0.1, 0.15) is 48.9 Å². The van der Waals surface area contributed by atoms with Gasteiger partial charge in [-0.3, -0.25) is 38.6 Å². The van der Waals surface area contributed by atoms with Gasteiger partial charge in [0.2, 0.25) is 35.4 Å². The summed E-state index contributed by atoms with van der Waals surface area (Å²) in [5.41, 5.74) is 16.4. The van der Waals surface area contributed by atoms with E-state index in [0.717, 1.165) is 0 Å². The third-order valence-corrected chi connectivity index (χ3v) is 8.98. The van der Waals surface area contributed by atoms with Crippen molar-refractivity contribution in [3.05, 3.63) is 23.8 Å². The number of aliphatic hydroxyl groups is 4. The fourth-order valence-electron chi connectivity index (χ4n) is 5.41. The van der Waals surface area contributed by atoms with E-state index in [-0.39, 0.29) is 43.9 Å². The number of aromatic hydroxyl groups is 2. The first-order valence-corrected chi connectivity index (χ1v) is 19.6. The second kappa shape index (κ2) is 28.4. The number of benzene rings is 1. The van der Waals surface area contributed by atoms with Gasteiger partial charge in [0.15, 0.2) is 35.7 Å². The number of aliphatic hydroxyl groups excluding tert-OH is 4. The highest BCUT2D eigenvalue weighted by atomic mass is 16.4. The Balaban J connectivity index is 2.85. The smallest absolute Gasteiger partial charge is 0.335 e. The lowest BCUT2D eigenvalue weighted by Gasteiger charge is -2.25. The number of aliphatic imine (C=N–C) groups is 1. The molecule has 1 aromatic carbocycles. The number of phenols is 2. The second-order valence-electron chi connectivity index (χ2n) is 14.1. The largest absolute Gasteiger partial charge is 0.504 e. The van der Waals surface area contributed by atoms with Crippen molar-refractivity contribution in [3.63, 3.8) is 0 Å². The summed E-state index contributed by atoms with van der Waals surface area (Å²) < 4.78 is 0. The number of nitrogens with two attached hydrogens (primary N) is 3. The monoisotopic (exact) mass is 945 g/mol. The van der Waals surface area contributed by atoms with Crippen molar-refractivity contribution in [2.24, 2.45) is 22.2 Å². The number of carboxylic acids is 3. The molecule has 0 saturated heterocycles. The number of nitrogens with one attached hydrogen (secondary N) is 7. The molecule has 2 unspecified atom stereocenters. The minimum absolute atomic E-state index is 0.0614. The number of unbranched alkanes of at least 4 members (excludes halogenated alkanes) is 1. The molecule has 368 valence electrons. The minimum atomic E-state index is -2.71. The molecule has 0 fully saturated rings. The summed E-state index contributed by atoms with van der Waals surface area (Å²) in [6.07, 6.45) is -6.85. The van der Waals surface area contributed by atoms with Crippen LogP contribution in [0.25, 0.3) is 0 Å². The first-order valence-electron chi connectivity index (χ1n) is 19.6. The molecule has 0 bridgehead atoms. The highest BCUT2D eigenvalue weighted by Gasteiger charge is 2.37. The molecule has 1 aromatic rings. The Hall–Kier alpha value is -7.41. The van der Waals surface area contributed by atoms with Crippen molar-refractivity contribution in [2.75, 3.05) is 32.8 Å².